The van der Waals surface area contributed by atoms with Crippen LogP contribution in [0.15, 0.2) is 18.2 Å². The van der Waals surface area contributed by atoms with Gasteiger partial charge in [0.05, 0.1) is 12.7 Å². The van der Waals surface area contributed by atoms with Crippen molar-refractivity contribution in [3.8, 4) is 11.5 Å². The number of benzene rings is 1. The van der Waals surface area contributed by atoms with Crippen LogP contribution in [0.4, 0.5) is 0 Å². The van der Waals surface area contributed by atoms with E-state index in [2.05, 4.69) is 5.32 Å². The molecule has 0 bridgehead atoms. The fourth-order valence-electron chi connectivity index (χ4n) is 1.53. The zero-order chi connectivity index (χ0) is 15.1. The molecule has 3 N–H and O–H groups in total. The van der Waals surface area contributed by atoms with Gasteiger partial charge in [0.1, 0.15) is 0 Å². The number of para-hydroxylation sites is 1. The Bertz CT molecular complexity index is 486. The molecule has 0 spiro atoms. The molecule has 0 aromatic heterocycles. The van der Waals surface area contributed by atoms with E-state index >= 15 is 0 Å². The molecule has 0 radical (unpaired) electrons. The number of methoxy groups -OCH3 is 1. The average molecular weight is 280 g/mol. The predicted molar refractivity (Wildman–Crippen MR) is 74.9 cm³/mol. The zero-order valence-corrected chi connectivity index (χ0v) is 11.9. The Kier molecular flexibility index (Phi) is 5.83. The summed E-state index contributed by atoms with van der Waals surface area (Å²) >= 11 is 0. The SMILES string of the molecule is COc1cccc(C(N)=O)c1OCC(=O)NCC(C)C. The van der Waals surface area contributed by atoms with Crippen molar-refractivity contribution in [2.75, 3.05) is 20.3 Å². The number of primary amides is 1. The highest BCUT2D eigenvalue weighted by Crippen LogP contribution is 2.30. The Labute approximate surface area is 118 Å². The fraction of sp³-hybridized carbons (Fsp3) is 0.429. The van der Waals surface area contributed by atoms with E-state index in [-0.39, 0.29) is 23.8 Å². The zero-order valence-electron chi connectivity index (χ0n) is 11.9. The topological polar surface area (TPSA) is 90.7 Å². The first-order valence-electron chi connectivity index (χ1n) is 6.32. The maximum atomic E-state index is 11.6. The van der Waals surface area contributed by atoms with Gasteiger partial charge in [-0.1, -0.05) is 19.9 Å². The molecule has 0 heterocycles. The second-order valence-corrected chi connectivity index (χ2v) is 4.69. The smallest absolute Gasteiger partial charge is 0.257 e. The van der Waals surface area contributed by atoms with E-state index in [0.717, 1.165) is 0 Å². The number of carbonyl (C=O) groups is 2. The first-order valence-corrected chi connectivity index (χ1v) is 6.32. The van der Waals surface area contributed by atoms with Crippen LogP contribution in [0.2, 0.25) is 0 Å². The first kappa shape index (κ1) is 15.8. The molecule has 0 aliphatic rings. The Morgan fingerprint density at radius 1 is 1.35 bits per heavy atom. The van der Waals surface area contributed by atoms with Crippen molar-refractivity contribution in [1.29, 1.82) is 0 Å². The minimum Gasteiger partial charge on any atom is -0.493 e. The van der Waals surface area contributed by atoms with Gasteiger partial charge in [-0.05, 0) is 18.1 Å². The van der Waals surface area contributed by atoms with Crippen LogP contribution in [-0.4, -0.2) is 32.1 Å². The number of rotatable bonds is 7. The summed E-state index contributed by atoms with van der Waals surface area (Å²) in [5.41, 5.74) is 5.45. The third-order valence-electron chi connectivity index (χ3n) is 2.52. The van der Waals surface area contributed by atoms with Crippen LogP contribution in [0.5, 0.6) is 11.5 Å². The minimum atomic E-state index is -0.638. The summed E-state index contributed by atoms with van der Waals surface area (Å²) in [6, 6.07) is 4.78. The fourth-order valence-corrected chi connectivity index (χ4v) is 1.53. The van der Waals surface area contributed by atoms with Crippen molar-refractivity contribution in [3.05, 3.63) is 23.8 Å². The molecule has 0 fully saturated rings. The highest BCUT2D eigenvalue weighted by atomic mass is 16.5. The number of nitrogens with two attached hydrogens (primary N) is 1. The van der Waals surface area contributed by atoms with Gasteiger partial charge in [0.25, 0.3) is 11.8 Å². The van der Waals surface area contributed by atoms with E-state index in [1.807, 2.05) is 13.8 Å². The lowest BCUT2D eigenvalue weighted by molar-refractivity contribution is -0.123. The lowest BCUT2D eigenvalue weighted by Gasteiger charge is -2.13. The summed E-state index contributed by atoms with van der Waals surface area (Å²) in [6.45, 7) is 4.35. The maximum absolute atomic E-state index is 11.6. The van der Waals surface area contributed by atoms with E-state index in [9.17, 15) is 9.59 Å². The number of carbonyl (C=O) groups excluding carboxylic acids is 2. The second-order valence-electron chi connectivity index (χ2n) is 4.69. The monoisotopic (exact) mass is 280 g/mol. The second kappa shape index (κ2) is 7.37. The normalized spacial score (nSPS) is 10.2. The van der Waals surface area contributed by atoms with Gasteiger partial charge >= 0.3 is 0 Å². The molecule has 0 unspecified atom stereocenters. The van der Waals surface area contributed by atoms with Gasteiger partial charge in [0, 0.05) is 6.54 Å². The number of amides is 2. The molecule has 2 amide bonds. The van der Waals surface area contributed by atoms with E-state index in [0.29, 0.717) is 18.2 Å². The molecule has 20 heavy (non-hydrogen) atoms. The molecular formula is C14H20N2O4. The largest absolute Gasteiger partial charge is 0.493 e. The molecule has 0 aliphatic heterocycles. The summed E-state index contributed by atoms with van der Waals surface area (Å²) in [4.78, 5) is 22.9. The minimum absolute atomic E-state index is 0.181. The molecule has 6 nitrogen and oxygen atoms in total. The maximum Gasteiger partial charge on any atom is 0.257 e. The Hall–Kier alpha value is -2.24. The first-order chi connectivity index (χ1) is 9.45. The van der Waals surface area contributed by atoms with Gasteiger partial charge in [0.15, 0.2) is 18.1 Å². The molecule has 0 saturated heterocycles. The molecule has 1 aromatic carbocycles. The molecule has 0 saturated carbocycles. The Morgan fingerprint density at radius 2 is 2.05 bits per heavy atom. The van der Waals surface area contributed by atoms with Crippen molar-refractivity contribution in [3.63, 3.8) is 0 Å². The standard InChI is InChI=1S/C14H20N2O4/c1-9(2)7-16-12(17)8-20-13-10(14(15)18)5-4-6-11(13)19-3/h4-6,9H,7-8H2,1-3H3,(H2,15,18)(H,16,17). The average Bonchev–Trinajstić information content (AvgIpc) is 2.42. The van der Waals surface area contributed by atoms with Gasteiger partial charge in [0.2, 0.25) is 0 Å². The van der Waals surface area contributed by atoms with Crippen LogP contribution in [-0.2, 0) is 4.79 Å². The van der Waals surface area contributed by atoms with Gasteiger partial charge < -0.3 is 20.5 Å². The van der Waals surface area contributed by atoms with Crippen LogP contribution in [0.1, 0.15) is 24.2 Å². The lowest BCUT2D eigenvalue weighted by Crippen LogP contribution is -2.32. The van der Waals surface area contributed by atoms with E-state index in [1.165, 1.54) is 13.2 Å². The summed E-state index contributed by atoms with van der Waals surface area (Å²) < 4.78 is 10.5. The molecule has 6 heteroatoms. The third-order valence-corrected chi connectivity index (χ3v) is 2.52. The molecule has 1 aromatic rings. The summed E-state index contributed by atoms with van der Waals surface area (Å²) in [7, 11) is 1.45. The van der Waals surface area contributed by atoms with E-state index < -0.39 is 5.91 Å². The summed E-state index contributed by atoms with van der Waals surface area (Å²) in [6.07, 6.45) is 0. The number of nitrogens with one attached hydrogen (secondary N) is 1. The van der Waals surface area contributed by atoms with E-state index in [1.54, 1.807) is 12.1 Å². The van der Waals surface area contributed by atoms with Crippen LogP contribution in [0.25, 0.3) is 0 Å². The van der Waals surface area contributed by atoms with Crippen LogP contribution < -0.4 is 20.5 Å². The highest BCUT2D eigenvalue weighted by Gasteiger charge is 2.16. The van der Waals surface area contributed by atoms with Crippen molar-refractivity contribution in [1.82, 2.24) is 5.32 Å². The number of hydrogen-bond donors (Lipinski definition) is 2. The molecule has 0 aliphatic carbocycles. The third kappa shape index (κ3) is 4.46. The lowest BCUT2D eigenvalue weighted by atomic mass is 10.2. The van der Waals surface area contributed by atoms with E-state index in [4.69, 9.17) is 15.2 Å². The van der Waals surface area contributed by atoms with Crippen molar-refractivity contribution >= 4 is 11.8 Å². The molecule has 110 valence electrons. The quantitative estimate of drug-likeness (QED) is 0.778. The van der Waals surface area contributed by atoms with Crippen molar-refractivity contribution in [2.24, 2.45) is 11.7 Å². The number of hydrogen-bond acceptors (Lipinski definition) is 4. The molecule has 0 atom stereocenters. The molecule has 1 rings (SSSR count). The summed E-state index contributed by atoms with van der Waals surface area (Å²) in [5.74, 6) is -0.00642. The van der Waals surface area contributed by atoms with Crippen molar-refractivity contribution < 1.29 is 19.1 Å². The van der Waals surface area contributed by atoms with Gasteiger partial charge in [-0.3, -0.25) is 9.59 Å². The van der Waals surface area contributed by atoms with Crippen LogP contribution >= 0.6 is 0 Å². The van der Waals surface area contributed by atoms with Crippen molar-refractivity contribution in [2.45, 2.75) is 13.8 Å². The molecular weight excluding hydrogens is 260 g/mol. The van der Waals surface area contributed by atoms with Gasteiger partial charge in [-0.2, -0.15) is 0 Å². The Morgan fingerprint density at radius 3 is 2.60 bits per heavy atom. The Balaban J connectivity index is 2.76. The number of ether oxygens (including phenoxy) is 2. The summed E-state index contributed by atoms with van der Waals surface area (Å²) in [5, 5.41) is 2.72. The van der Waals surface area contributed by atoms with Gasteiger partial charge in [-0.25, -0.2) is 0 Å². The van der Waals surface area contributed by atoms with Gasteiger partial charge in [-0.15, -0.1) is 0 Å². The highest BCUT2D eigenvalue weighted by molar-refractivity contribution is 5.96. The predicted octanol–water partition coefficient (Wildman–Crippen LogP) is 0.945. The van der Waals surface area contributed by atoms with Crippen LogP contribution in [0, 0.1) is 5.92 Å². The van der Waals surface area contributed by atoms with Crippen LogP contribution in [0.3, 0.4) is 0 Å².